The van der Waals surface area contributed by atoms with Crippen LogP contribution in [0.5, 0.6) is 0 Å². The van der Waals surface area contributed by atoms with Gasteiger partial charge in [0.2, 0.25) is 6.41 Å². The molecule has 0 N–H and O–H groups in total. The molecule has 0 aromatic rings. The molecule has 57 valence electrons. The van der Waals surface area contributed by atoms with Gasteiger partial charge in [-0.05, 0) is 6.42 Å². The third kappa shape index (κ3) is 1.70. The molecule has 3 heteroatoms. The van der Waals surface area contributed by atoms with E-state index in [2.05, 4.69) is 6.92 Å². The van der Waals surface area contributed by atoms with Gasteiger partial charge in [-0.3, -0.25) is 4.79 Å². The maximum atomic E-state index is 10.3. The topological polar surface area (TPSA) is 29.5 Å². The molecule has 1 radical (unpaired) electrons. The molecule has 1 aliphatic heterocycles. The van der Waals surface area contributed by atoms with Gasteiger partial charge in [0.25, 0.3) is 0 Å². The second kappa shape index (κ2) is 3.56. The van der Waals surface area contributed by atoms with Gasteiger partial charge in [-0.2, -0.15) is 0 Å². The molecule has 1 atom stereocenters. The van der Waals surface area contributed by atoms with Crippen LogP contribution in [0.4, 0.5) is 0 Å². The Morgan fingerprint density at radius 3 is 3.20 bits per heavy atom. The Balaban J connectivity index is 2.31. The molecule has 0 aromatic carbocycles. The second-order valence-corrected chi connectivity index (χ2v) is 2.38. The first-order chi connectivity index (χ1) is 4.86. The van der Waals surface area contributed by atoms with Crippen LogP contribution in [0.3, 0.4) is 0 Å². The van der Waals surface area contributed by atoms with Crippen LogP contribution in [0.15, 0.2) is 0 Å². The van der Waals surface area contributed by atoms with Crippen molar-refractivity contribution in [3.8, 4) is 0 Å². The number of morpholine rings is 1. The lowest BCUT2D eigenvalue weighted by atomic mass is 10.2. The highest BCUT2D eigenvalue weighted by atomic mass is 16.5. The average Bonchev–Trinajstić information content (AvgIpc) is 2.05. The molecular formula is C7H12NO2. The zero-order valence-corrected chi connectivity index (χ0v) is 5.95. The van der Waals surface area contributed by atoms with Gasteiger partial charge in [-0.15, -0.1) is 0 Å². The summed E-state index contributed by atoms with van der Waals surface area (Å²) in [5, 5.41) is 0. The molecule has 10 heavy (non-hydrogen) atoms. The Morgan fingerprint density at radius 1 is 1.80 bits per heavy atom. The Labute approximate surface area is 61.0 Å². The van der Waals surface area contributed by atoms with E-state index in [1.54, 1.807) is 4.90 Å². The second-order valence-electron chi connectivity index (χ2n) is 2.38. The summed E-state index contributed by atoms with van der Waals surface area (Å²) < 4.78 is 5.30. The maximum absolute atomic E-state index is 10.3. The number of ether oxygens (including phenoxy) is 1. The minimum absolute atomic E-state index is 0.152. The summed E-state index contributed by atoms with van der Waals surface area (Å²) >= 11 is 0. The van der Waals surface area contributed by atoms with Crippen molar-refractivity contribution in [1.29, 1.82) is 0 Å². The third-order valence-corrected chi connectivity index (χ3v) is 1.64. The molecule has 1 amide bonds. The fourth-order valence-corrected chi connectivity index (χ4v) is 1.01. The van der Waals surface area contributed by atoms with E-state index >= 15 is 0 Å². The molecule has 0 aliphatic carbocycles. The number of nitrogens with zero attached hydrogens (tertiary/aromatic N) is 1. The zero-order chi connectivity index (χ0) is 7.40. The van der Waals surface area contributed by atoms with Gasteiger partial charge in [-0.1, -0.05) is 6.92 Å². The van der Waals surface area contributed by atoms with Crippen LogP contribution < -0.4 is 0 Å². The molecule has 0 bridgehead atoms. The molecule has 0 aromatic heterocycles. The quantitative estimate of drug-likeness (QED) is 0.510. The summed E-state index contributed by atoms with van der Waals surface area (Å²) in [4.78, 5) is 12.0. The highest BCUT2D eigenvalue weighted by molar-refractivity contribution is 5.47. The first-order valence-electron chi connectivity index (χ1n) is 3.47. The van der Waals surface area contributed by atoms with E-state index in [4.69, 9.17) is 4.74 Å². The van der Waals surface area contributed by atoms with Crippen molar-refractivity contribution in [2.45, 2.75) is 12.5 Å². The van der Waals surface area contributed by atoms with Gasteiger partial charge in [0, 0.05) is 13.1 Å². The lowest BCUT2D eigenvalue weighted by molar-refractivity contribution is -0.125. The average molecular weight is 142 g/mol. The summed E-state index contributed by atoms with van der Waals surface area (Å²) in [6.07, 6.45) is 1.76. The minimum atomic E-state index is 0.152. The number of amides is 1. The maximum Gasteiger partial charge on any atom is 0.209 e. The van der Waals surface area contributed by atoms with Crippen molar-refractivity contribution in [2.75, 3.05) is 19.7 Å². The Bertz CT molecular complexity index is 116. The molecule has 1 saturated heterocycles. The van der Waals surface area contributed by atoms with Crippen molar-refractivity contribution in [1.82, 2.24) is 4.90 Å². The van der Waals surface area contributed by atoms with Gasteiger partial charge >= 0.3 is 0 Å². The molecule has 3 nitrogen and oxygen atoms in total. The summed E-state index contributed by atoms with van der Waals surface area (Å²) in [5.41, 5.74) is 0. The van der Waals surface area contributed by atoms with Gasteiger partial charge in [0.15, 0.2) is 0 Å². The monoisotopic (exact) mass is 142 g/mol. The van der Waals surface area contributed by atoms with E-state index in [1.807, 2.05) is 0 Å². The standard InChI is InChI=1S/C7H12NO2/c1-2-7-5-8(6-9)3-4-10-7/h6-7H,1-5H2. The van der Waals surface area contributed by atoms with Gasteiger partial charge < -0.3 is 9.64 Å². The van der Waals surface area contributed by atoms with Gasteiger partial charge in [-0.25, -0.2) is 0 Å². The Hall–Kier alpha value is -0.570. The largest absolute Gasteiger partial charge is 0.375 e. The minimum Gasteiger partial charge on any atom is -0.375 e. The van der Waals surface area contributed by atoms with Crippen LogP contribution in [0.2, 0.25) is 0 Å². The van der Waals surface area contributed by atoms with E-state index in [9.17, 15) is 4.79 Å². The number of rotatable bonds is 2. The van der Waals surface area contributed by atoms with Crippen LogP contribution in [0.1, 0.15) is 6.42 Å². The number of hydrogen-bond donors (Lipinski definition) is 0. The summed E-state index contributed by atoms with van der Waals surface area (Å²) in [6, 6.07) is 0. The molecule has 1 rings (SSSR count). The predicted octanol–water partition coefficient (Wildman–Crippen LogP) is 0.0678. The van der Waals surface area contributed by atoms with Gasteiger partial charge in [0.05, 0.1) is 12.7 Å². The first-order valence-corrected chi connectivity index (χ1v) is 3.47. The van der Waals surface area contributed by atoms with E-state index in [1.165, 1.54) is 0 Å². The zero-order valence-electron chi connectivity index (χ0n) is 5.95. The van der Waals surface area contributed by atoms with Crippen molar-refractivity contribution in [3.05, 3.63) is 6.92 Å². The molecule has 1 unspecified atom stereocenters. The highest BCUT2D eigenvalue weighted by Crippen LogP contribution is 2.05. The van der Waals surface area contributed by atoms with E-state index in [0.717, 1.165) is 19.4 Å². The first kappa shape index (κ1) is 7.54. The number of carbonyl (C=O) groups excluding carboxylic acids is 1. The van der Waals surface area contributed by atoms with E-state index in [-0.39, 0.29) is 6.10 Å². The van der Waals surface area contributed by atoms with Crippen molar-refractivity contribution in [3.63, 3.8) is 0 Å². The number of carbonyl (C=O) groups is 1. The highest BCUT2D eigenvalue weighted by Gasteiger charge is 2.16. The SMILES string of the molecule is [CH2]CC1CN(C=O)CCO1. The molecule has 0 saturated carbocycles. The van der Waals surface area contributed by atoms with Crippen LogP contribution in [0.25, 0.3) is 0 Å². The summed E-state index contributed by atoms with van der Waals surface area (Å²) in [7, 11) is 0. The molecule has 1 aliphatic rings. The van der Waals surface area contributed by atoms with Crippen molar-refractivity contribution >= 4 is 6.41 Å². The smallest absolute Gasteiger partial charge is 0.209 e. The van der Waals surface area contributed by atoms with Crippen LogP contribution in [-0.4, -0.2) is 37.1 Å². The lowest BCUT2D eigenvalue weighted by Crippen LogP contribution is -2.41. The number of hydrogen-bond acceptors (Lipinski definition) is 2. The van der Waals surface area contributed by atoms with Crippen LogP contribution >= 0.6 is 0 Å². The van der Waals surface area contributed by atoms with E-state index in [0.29, 0.717) is 13.2 Å². The molecular weight excluding hydrogens is 130 g/mol. The Morgan fingerprint density at radius 2 is 2.60 bits per heavy atom. The van der Waals surface area contributed by atoms with E-state index < -0.39 is 0 Å². The summed E-state index contributed by atoms with van der Waals surface area (Å²) in [5.74, 6) is 0. The van der Waals surface area contributed by atoms with Gasteiger partial charge in [0.1, 0.15) is 0 Å². The van der Waals surface area contributed by atoms with Crippen LogP contribution in [0, 0.1) is 6.92 Å². The molecule has 1 fully saturated rings. The third-order valence-electron chi connectivity index (χ3n) is 1.64. The lowest BCUT2D eigenvalue weighted by Gasteiger charge is -2.29. The predicted molar refractivity (Wildman–Crippen MR) is 37.4 cm³/mol. The molecule has 1 heterocycles. The normalized spacial score (nSPS) is 26.5. The van der Waals surface area contributed by atoms with Crippen LogP contribution in [-0.2, 0) is 9.53 Å². The van der Waals surface area contributed by atoms with Crippen molar-refractivity contribution < 1.29 is 9.53 Å². The fraction of sp³-hybridized carbons (Fsp3) is 0.714. The summed E-state index contributed by atoms with van der Waals surface area (Å²) in [6.45, 7) is 5.79. The van der Waals surface area contributed by atoms with Crippen molar-refractivity contribution in [2.24, 2.45) is 0 Å². The fourth-order valence-electron chi connectivity index (χ4n) is 1.01. The molecule has 0 spiro atoms. The Kier molecular flexibility index (Phi) is 2.68.